The number of nitrogens with one attached hydrogen (secondary N) is 2. The lowest BCUT2D eigenvalue weighted by Crippen LogP contribution is -2.25. The topological polar surface area (TPSA) is 47.6 Å². The van der Waals surface area contributed by atoms with Crippen LogP contribution >= 0.6 is 23.4 Å². The number of hydrogen-bond donors (Lipinski definition) is 2. The standard InChI is InChI=1S/C17H19ClN2S.C13H12N2O/c1-19(2)10-5-11-20-14-6-3-4-7-16(14)21-17-9-8-13(18)12-15(17)20;16-13(14-11-7-3-1-4-8-11)15-12-9-5-2-6-10-12/h3-4,6-9,12H,5,10-11H2,1-2H3;1-10H,(H2,14,15,16). The highest BCUT2D eigenvalue weighted by Crippen LogP contribution is 2.48. The molecule has 1 aliphatic rings. The van der Waals surface area contributed by atoms with Gasteiger partial charge in [-0.1, -0.05) is 71.9 Å². The Labute approximate surface area is 228 Å². The molecule has 190 valence electrons. The molecule has 4 aromatic carbocycles. The van der Waals surface area contributed by atoms with Gasteiger partial charge in [-0.15, -0.1) is 0 Å². The number of fused-ring (bicyclic) bond motifs is 2. The predicted molar refractivity (Wildman–Crippen MR) is 158 cm³/mol. The molecule has 2 N–H and O–H groups in total. The Kier molecular flexibility index (Phi) is 9.49. The minimum Gasteiger partial charge on any atom is -0.340 e. The Morgan fingerprint density at radius 2 is 1.35 bits per heavy atom. The molecule has 0 atom stereocenters. The van der Waals surface area contributed by atoms with E-state index in [1.165, 1.54) is 21.2 Å². The molecular weight excluding hydrogens is 500 g/mol. The van der Waals surface area contributed by atoms with Crippen molar-refractivity contribution in [3.05, 3.63) is 108 Å². The fourth-order valence-corrected chi connectivity index (χ4v) is 5.17. The normalized spacial score (nSPS) is 11.6. The van der Waals surface area contributed by atoms with E-state index in [0.29, 0.717) is 0 Å². The summed E-state index contributed by atoms with van der Waals surface area (Å²) in [6.45, 7) is 2.09. The summed E-state index contributed by atoms with van der Waals surface area (Å²) < 4.78 is 0. The molecule has 1 heterocycles. The second-order valence-electron chi connectivity index (χ2n) is 8.80. The first-order valence-corrected chi connectivity index (χ1v) is 13.4. The number of amides is 2. The van der Waals surface area contributed by atoms with E-state index in [0.717, 1.165) is 35.9 Å². The van der Waals surface area contributed by atoms with Gasteiger partial charge < -0.3 is 20.4 Å². The van der Waals surface area contributed by atoms with Crippen molar-refractivity contribution in [1.29, 1.82) is 0 Å². The van der Waals surface area contributed by atoms with E-state index < -0.39 is 0 Å². The Bertz CT molecular complexity index is 1260. The Hall–Kier alpha value is -3.45. The number of carbonyl (C=O) groups excluding carboxylic acids is 1. The van der Waals surface area contributed by atoms with Crippen molar-refractivity contribution < 1.29 is 4.79 Å². The monoisotopic (exact) mass is 530 g/mol. The summed E-state index contributed by atoms with van der Waals surface area (Å²) in [6, 6.07) is 33.2. The zero-order chi connectivity index (χ0) is 26.0. The summed E-state index contributed by atoms with van der Waals surface area (Å²) in [4.78, 5) is 18.8. The minimum absolute atomic E-state index is 0.239. The van der Waals surface area contributed by atoms with Crippen LogP contribution in [0.3, 0.4) is 0 Å². The van der Waals surface area contributed by atoms with Crippen LogP contribution in [0.2, 0.25) is 5.02 Å². The molecule has 0 saturated carbocycles. The van der Waals surface area contributed by atoms with E-state index >= 15 is 0 Å². The third-order valence-corrected chi connectivity index (χ3v) is 7.00. The van der Waals surface area contributed by atoms with Gasteiger partial charge >= 0.3 is 6.03 Å². The quantitative estimate of drug-likeness (QED) is 0.263. The van der Waals surface area contributed by atoms with Gasteiger partial charge in [0.05, 0.1) is 11.4 Å². The molecule has 0 aromatic heterocycles. The third-order valence-electron chi connectivity index (χ3n) is 5.64. The number of anilines is 4. The smallest absolute Gasteiger partial charge is 0.323 e. The zero-order valence-electron chi connectivity index (χ0n) is 21.0. The van der Waals surface area contributed by atoms with Crippen LogP contribution in [0.4, 0.5) is 27.5 Å². The number of hydrogen-bond acceptors (Lipinski definition) is 4. The van der Waals surface area contributed by atoms with Crippen LogP contribution in [0.1, 0.15) is 6.42 Å². The molecule has 0 saturated heterocycles. The molecule has 4 aromatic rings. The molecule has 7 heteroatoms. The maximum absolute atomic E-state index is 11.6. The number of para-hydroxylation sites is 3. The van der Waals surface area contributed by atoms with Crippen LogP contribution in [-0.2, 0) is 0 Å². The van der Waals surface area contributed by atoms with E-state index in [-0.39, 0.29) is 6.03 Å². The van der Waals surface area contributed by atoms with Gasteiger partial charge in [-0.2, -0.15) is 0 Å². The zero-order valence-corrected chi connectivity index (χ0v) is 22.6. The van der Waals surface area contributed by atoms with Gasteiger partial charge in [0.1, 0.15) is 0 Å². The van der Waals surface area contributed by atoms with Gasteiger partial charge in [0.25, 0.3) is 0 Å². The molecular formula is C30H31ClN4OS. The number of halogens is 1. The van der Waals surface area contributed by atoms with E-state index in [9.17, 15) is 4.79 Å². The molecule has 1 aliphatic heterocycles. The molecule has 0 aliphatic carbocycles. The second-order valence-corrected chi connectivity index (χ2v) is 10.3. The summed E-state index contributed by atoms with van der Waals surface area (Å²) in [5.41, 5.74) is 4.06. The summed E-state index contributed by atoms with van der Waals surface area (Å²) in [7, 11) is 4.23. The lowest BCUT2D eigenvalue weighted by Gasteiger charge is -2.33. The molecule has 5 nitrogen and oxygen atoms in total. The van der Waals surface area contributed by atoms with Crippen molar-refractivity contribution >= 4 is 52.1 Å². The van der Waals surface area contributed by atoms with Crippen LogP contribution in [0.25, 0.3) is 0 Å². The number of benzene rings is 4. The summed E-state index contributed by atoms with van der Waals surface area (Å²) in [5, 5.41) is 6.28. The van der Waals surface area contributed by atoms with Crippen LogP contribution in [0, 0.1) is 0 Å². The molecule has 2 amide bonds. The van der Waals surface area contributed by atoms with E-state index in [4.69, 9.17) is 11.6 Å². The highest BCUT2D eigenvalue weighted by molar-refractivity contribution is 7.99. The van der Waals surface area contributed by atoms with Crippen LogP contribution in [-0.4, -0.2) is 38.1 Å². The average molecular weight is 531 g/mol. The molecule has 0 unspecified atom stereocenters. The first-order chi connectivity index (χ1) is 18.0. The van der Waals surface area contributed by atoms with Gasteiger partial charge in [-0.3, -0.25) is 0 Å². The lowest BCUT2D eigenvalue weighted by molar-refractivity contribution is 0.262. The fourth-order valence-electron chi connectivity index (χ4n) is 3.92. The third kappa shape index (κ3) is 7.76. The van der Waals surface area contributed by atoms with Crippen molar-refractivity contribution in [2.45, 2.75) is 16.2 Å². The first kappa shape index (κ1) is 26.6. The van der Waals surface area contributed by atoms with Gasteiger partial charge in [0, 0.05) is 32.7 Å². The average Bonchev–Trinajstić information content (AvgIpc) is 2.90. The Morgan fingerprint density at radius 3 is 1.97 bits per heavy atom. The maximum atomic E-state index is 11.6. The van der Waals surface area contributed by atoms with Crippen molar-refractivity contribution in [3.8, 4) is 0 Å². The van der Waals surface area contributed by atoms with Crippen LogP contribution in [0.5, 0.6) is 0 Å². The van der Waals surface area contributed by atoms with Crippen LogP contribution < -0.4 is 15.5 Å². The van der Waals surface area contributed by atoms with E-state index in [1.54, 1.807) is 0 Å². The highest BCUT2D eigenvalue weighted by atomic mass is 35.5. The van der Waals surface area contributed by atoms with Crippen molar-refractivity contribution in [2.75, 3.05) is 42.7 Å². The largest absolute Gasteiger partial charge is 0.340 e. The van der Waals surface area contributed by atoms with Gasteiger partial charge in [-0.05, 0) is 81.7 Å². The SMILES string of the molecule is CN(C)CCCN1c2ccccc2Sc2ccc(Cl)cc21.O=C(Nc1ccccc1)Nc1ccccc1. The van der Waals surface area contributed by atoms with Gasteiger partial charge in [0.15, 0.2) is 0 Å². The van der Waals surface area contributed by atoms with Gasteiger partial charge in [0.2, 0.25) is 0 Å². The summed E-state index contributed by atoms with van der Waals surface area (Å²) >= 11 is 8.03. The predicted octanol–water partition coefficient (Wildman–Crippen LogP) is 8.23. The summed E-state index contributed by atoms with van der Waals surface area (Å²) in [5.74, 6) is 0. The van der Waals surface area contributed by atoms with E-state index in [2.05, 4.69) is 70.9 Å². The molecule has 0 bridgehead atoms. The number of nitrogens with zero attached hydrogens (tertiary/aromatic N) is 2. The minimum atomic E-state index is -0.239. The number of urea groups is 1. The molecule has 0 spiro atoms. The number of rotatable bonds is 6. The maximum Gasteiger partial charge on any atom is 0.323 e. The van der Waals surface area contributed by atoms with Crippen molar-refractivity contribution in [2.24, 2.45) is 0 Å². The fraction of sp³-hybridized carbons (Fsp3) is 0.167. The second kappa shape index (κ2) is 13.2. The number of carbonyl (C=O) groups is 1. The molecule has 0 radical (unpaired) electrons. The Balaban J connectivity index is 0.000000180. The summed E-state index contributed by atoms with van der Waals surface area (Å²) in [6.07, 6.45) is 1.12. The lowest BCUT2D eigenvalue weighted by atomic mass is 10.2. The van der Waals surface area contributed by atoms with Crippen molar-refractivity contribution in [3.63, 3.8) is 0 Å². The highest BCUT2D eigenvalue weighted by Gasteiger charge is 2.23. The first-order valence-electron chi connectivity index (χ1n) is 12.2. The molecule has 0 fully saturated rings. The Morgan fingerprint density at radius 1 is 0.784 bits per heavy atom. The van der Waals surface area contributed by atoms with Crippen molar-refractivity contribution in [1.82, 2.24) is 4.90 Å². The van der Waals surface area contributed by atoms with Gasteiger partial charge in [-0.25, -0.2) is 4.79 Å². The van der Waals surface area contributed by atoms with E-state index in [1.807, 2.05) is 78.5 Å². The molecule has 37 heavy (non-hydrogen) atoms. The van der Waals surface area contributed by atoms with Crippen LogP contribution in [0.15, 0.2) is 113 Å². The molecule has 5 rings (SSSR count).